The zero-order valence-electron chi connectivity index (χ0n) is 17.8. The van der Waals surface area contributed by atoms with Gasteiger partial charge in [-0.05, 0) is 56.2 Å². The van der Waals surface area contributed by atoms with Crippen LogP contribution in [0, 0.1) is 22.0 Å². The Labute approximate surface area is 194 Å². The van der Waals surface area contributed by atoms with Gasteiger partial charge in [0, 0.05) is 28.4 Å². The van der Waals surface area contributed by atoms with Crippen molar-refractivity contribution in [1.29, 1.82) is 0 Å². The number of hydrogen-bond acceptors (Lipinski definition) is 6. The molecule has 1 aliphatic carbocycles. The van der Waals surface area contributed by atoms with E-state index in [1.165, 1.54) is 36.0 Å². The highest BCUT2D eigenvalue weighted by molar-refractivity contribution is 8.00. The summed E-state index contributed by atoms with van der Waals surface area (Å²) < 4.78 is 0. The molecule has 0 saturated heterocycles. The molecule has 33 heavy (non-hydrogen) atoms. The van der Waals surface area contributed by atoms with E-state index in [0.29, 0.717) is 24.2 Å². The second-order valence-corrected chi connectivity index (χ2v) is 8.98. The Morgan fingerprint density at radius 3 is 2.09 bits per heavy atom. The minimum atomic E-state index is -0.979. The van der Waals surface area contributed by atoms with E-state index in [1.54, 1.807) is 37.3 Å². The molecule has 0 fully saturated rings. The van der Waals surface area contributed by atoms with Gasteiger partial charge in [0.15, 0.2) is 0 Å². The molecule has 3 N–H and O–H groups in total. The Balaban J connectivity index is 1.54. The SMILES string of the molecule is CC(Sc1ccc(NC(=O)C2CC=CCC2C(=O)O)cc1)C(=O)Nc1ccc([N+](=O)[O-])cc1. The van der Waals surface area contributed by atoms with Gasteiger partial charge in [-0.1, -0.05) is 12.2 Å². The number of benzene rings is 2. The first-order valence-electron chi connectivity index (χ1n) is 10.3. The maximum atomic E-state index is 12.6. The Bertz CT molecular complexity index is 1070. The van der Waals surface area contributed by atoms with Crippen molar-refractivity contribution in [3.05, 3.63) is 70.8 Å². The Hall–Kier alpha value is -3.66. The lowest BCUT2D eigenvalue weighted by Gasteiger charge is -2.24. The average molecular weight is 470 g/mol. The molecule has 0 spiro atoms. The lowest BCUT2D eigenvalue weighted by molar-refractivity contribution is -0.384. The van der Waals surface area contributed by atoms with Crippen molar-refractivity contribution in [3.8, 4) is 0 Å². The van der Waals surface area contributed by atoms with Crippen molar-refractivity contribution < 1.29 is 24.4 Å². The zero-order valence-corrected chi connectivity index (χ0v) is 18.6. The molecular formula is C23H23N3O6S. The fraction of sp³-hybridized carbons (Fsp3) is 0.261. The molecule has 2 amide bonds. The number of nitrogens with zero attached hydrogens (tertiary/aromatic N) is 1. The quantitative estimate of drug-likeness (QED) is 0.226. The van der Waals surface area contributed by atoms with Crippen LogP contribution in [-0.2, 0) is 14.4 Å². The van der Waals surface area contributed by atoms with E-state index < -0.39 is 28.0 Å². The third-order valence-corrected chi connectivity index (χ3v) is 6.35. The molecular weight excluding hydrogens is 446 g/mol. The average Bonchev–Trinajstić information content (AvgIpc) is 2.80. The highest BCUT2D eigenvalue weighted by atomic mass is 32.2. The third kappa shape index (κ3) is 6.42. The summed E-state index contributed by atoms with van der Waals surface area (Å²) in [7, 11) is 0. The number of nitro benzene ring substituents is 1. The maximum Gasteiger partial charge on any atom is 0.307 e. The minimum Gasteiger partial charge on any atom is -0.481 e. The minimum absolute atomic E-state index is 0.0546. The predicted octanol–water partition coefficient (Wildman–Crippen LogP) is 4.32. The van der Waals surface area contributed by atoms with Gasteiger partial charge < -0.3 is 15.7 Å². The van der Waals surface area contributed by atoms with Crippen molar-refractivity contribution in [3.63, 3.8) is 0 Å². The van der Waals surface area contributed by atoms with E-state index in [2.05, 4.69) is 10.6 Å². The van der Waals surface area contributed by atoms with Crippen LogP contribution in [0.15, 0.2) is 65.6 Å². The molecule has 0 aromatic heterocycles. The Kier molecular flexibility index (Phi) is 7.83. The fourth-order valence-electron chi connectivity index (χ4n) is 3.40. The van der Waals surface area contributed by atoms with Gasteiger partial charge in [0.2, 0.25) is 11.8 Å². The maximum absolute atomic E-state index is 12.6. The predicted molar refractivity (Wildman–Crippen MR) is 125 cm³/mol. The third-order valence-electron chi connectivity index (χ3n) is 5.24. The molecule has 0 bridgehead atoms. The van der Waals surface area contributed by atoms with Gasteiger partial charge in [0.1, 0.15) is 0 Å². The molecule has 0 aliphatic heterocycles. The summed E-state index contributed by atoms with van der Waals surface area (Å²) in [5.74, 6) is -2.92. The second kappa shape index (κ2) is 10.8. The van der Waals surface area contributed by atoms with Gasteiger partial charge in [0.05, 0.1) is 22.0 Å². The number of allylic oxidation sites excluding steroid dienone is 2. The molecule has 0 heterocycles. The molecule has 0 radical (unpaired) electrons. The largest absolute Gasteiger partial charge is 0.481 e. The number of carboxylic acids is 1. The highest BCUT2D eigenvalue weighted by Crippen LogP contribution is 2.29. The molecule has 1 aliphatic rings. The topological polar surface area (TPSA) is 139 Å². The van der Waals surface area contributed by atoms with Gasteiger partial charge in [-0.25, -0.2) is 0 Å². The molecule has 3 unspecified atom stereocenters. The van der Waals surface area contributed by atoms with Gasteiger partial charge in [-0.2, -0.15) is 0 Å². The van der Waals surface area contributed by atoms with Crippen molar-refractivity contribution in [1.82, 2.24) is 0 Å². The number of carboxylic acid groups (broad SMARTS) is 1. The van der Waals surface area contributed by atoms with Gasteiger partial charge in [-0.15, -0.1) is 11.8 Å². The molecule has 0 saturated carbocycles. The van der Waals surface area contributed by atoms with Crippen molar-refractivity contribution in [2.24, 2.45) is 11.8 Å². The van der Waals surface area contributed by atoms with Crippen molar-refractivity contribution in [2.75, 3.05) is 10.6 Å². The summed E-state index contributed by atoms with van der Waals surface area (Å²) in [6.45, 7) is 1.74. The number of amides is 2. The lowest BCUT2D eigenvalue weighted by atomic mass is 9.82. The standard InChI is InChI=1S/C23H23N3O6S/c1-14(21(27)24-15-6-10-17(11-7-15)26(31)32)33-18-12-8-16(9-13-18)25-22(28)19-4-2-3-5-20(19)23(29)30/h2-3,6-14,19-20H,4-5H2,1H3,(H,24,27)(H,25,28)(H,29,30). The molecule has 10 heteroatoms. The number of nitrogens with one attached hydrogen (secondary N) is 2. The second-order valence-electron chi connectivity index (χ2n) is 7.56. The lowest BCUT2D eigenvalue weighted by Crippen LogP contribution is -2.34. The van der Waals surface area contributed by atoms with Gasteiger partial charge >= 0.3 is 5.97 Å². The Morgan fingerprint density at radius 1 is 0.970 bits per heavy atom. The first-order chi connectivity index (χ1) is 15.7. The molecule has 3 rings (SSSR count). The number of rotatable bonds is 8. The number of nitro groups is 1. The van der Waals surface area contributed by atoms with Crippen LogP contribution in [0.25, 0.3) is 0 Å². The molecule has 3 atom stereocenters. The van der Waals surface area contributed by atoms with Crippen LogP contribution >= 0.6 is 11.8 Å². The van der Waals surface area contributed by atoms with E-state index in [4.69, 9.17) is 0 Å². The van der Waals surface area contributed by atoms with E-state index in [9.17, 15) is 29.6 Å². The van der Waals surface area contributed by atoms with Crippen LogP contribution in [0.4, 0.5) is 17.1 Å². The summed E-state index contributed by atoms with van der Waals surface area (Å²) in [6.07, 6.45) is 4.33. The van der Waals surface area contributed by atoms with Gasteiger partial charge in [0.25, 0.3) is 5.69 Å². The van der Waals surface area contributed by atoms with E-state index in [-0.39, 0.29) is 17.5 Å². The summed E-state index contributed by atoms with van der Waals surface area (Å²) in [6, 6.07) is 12.5. The van der Waals surface area contributed by atoms with Crippen LogP contribution in [0.1, 0.15) is 19.8 Å². The van der Waals surface area contributed by atoms with Crippen LogP contribution in [-0.4, -0.2) is 33.1 Å². The zero-order chi connectivity index (χ0) is 24.0. The summed E-state index contributed by atoms with van der Waals surface area (Å²) >= 11 is 1.32. The molecule has 2 aromatic rings. The number of thioether (sulfide) groups is 1. The summed E-state index contributed by atoms with van der Waals surface area (Å²) in [5.41, 5.74) is 0.959. The van der Waals surface area contributed by atoms with Crippen molar-refractivity contribution in [2.45, 2.75) is 29.9 Å². The van der Waals surface area contributed by atoms with E-state index in [1.807, 2.05) is 6.08 Å². The monoisotopic (exact) mass is 469 g/mol. The smallest absolute Gasteiger partial charge is 0.307 e. The van der Waals surface area contributed by atoms with Crippen LogP contribution < -0.4 is 10.6 Å². The van der Waals surface area contributed by atoms with Crippen LogP contribution in [0.5, 0.6) is 0 Å². The number of carbonyl (C=O) groups excluding carboxylic acids is 2. The first kappa shape index (κ1) is 24.0. The summed E-state index contributed by atoms with van der Waals surface area (Å²) in [5, 5.41) is 25.1. The number of anilines is 2. The normalized spacial score (nSPS) is 18.2. The van der Waals surface area contributed by atoms with Crippen molar-refractivity contribution >= 4 is 46.6 Å². The number of hydrogen-bond donors (Lipinski definition) is 3. The molecule has 172 valence electrons. The number of carbonyl (C=O) groups is 3. The molecule has 9 nitrogen and oxygen atoms in total. The van der Waals surface area contributed by atoms with Crippen LogP contribution in [0.2, 0.25) is 0 Å². The van der Waals surface area contributed by atoms with E-state index >= 15 is 0 Å². The number of non-ortho nitro benzene ring substituents is 1. The summed E-state index contributed by atoms with van der Waals surface area (Å²) in [4.78, 5) is 47.4. The van der Waals surface area contributed by atoms with E-state index in [0.717, 1.165) is 4.90 Å². The fourth-order valence-corrected chi connectivity index (χ4v) is 4.26. The first-order valence-corrected chi connectivity index (χ1v) is 11.1. The van der Waals surface area contributed by atoms with Gasteiger partial charge in [-0.3, -0.25) is 24.5 Å². The highest BCUT2D eigenvalue weighted by Gasteiger charge is 2.33. The Morgan fingerprint density at radius 2 is 1.52 bits per heavy atom. The number of aliphatic carboxylic acids is 1. The molecule has 2 aromatic carbocycles. The van der Waals surface area contributed by atoms with Crippen LogP contribution in [0.3, 0.4) is 0 Å².